The zero-order valence-corrected chi connectivity index (χ0v) is 7.74. The van der Waals surface area contributed by atoms with Gasteiger partial charge in [-0.3, -0.25) is 0 Å². The molecule has 0 radical (unpaired) electrons. The summed E-state index contributed by atoms with van der Waals surface area (Å²) in [5, 5.41) is 9.07. The molecular weight excluding hydrogens is 148 g/mol. The average molecular weight is 166 g/mol. The monoisotopic (exact) mass is 166 g/mol. The molecule has 0 heterocycles. The number of hydrogen-bond donors (Lipinski definition) is 1. The molecule has 0 fully saturated rings. The van der Waals surface area contributed by atoms with E-state index in [1.54, 1.807) is 6.08 Å². The third kappa shape index (κ3) is 7.29. The maximum Gasteiger partial charge on any atom is 0.0752 e. The smallest absolute Gasteiger partial charge is 0.0752 e. The SMILES string of the molecule is C=CC(O)C/C=C\C/C=C\CC. The van der Waals surface area contributed by atoms with Crippen molar-refractivity contribution in [2.75, 3.05) is 0 Å². The molecule has 0 aromatic carbocycles. The third-order valence-electron chi connectivity index (χ3n) is 1.49. The predicted octanol–water partition coefficient (Wildman–Crippen LogP) is 2.84. The van der Waals surface area contributed by atoms with Crippen LogP contribution in [0.25, 0.3) is 0 Å². The second-order valence-corrected chi connectivity index (χ2v) is 2.63. The minimum absolute atomic E-state index is 0.392. The molecule has 1 heteroatoms. The highest BCUT2D eigenvalue weighted by molar-refractivity contribution is 4.95. The van der Waals surface area contributed by atoms with Gasteiger partial charge in [-0.05, 0) is 19.3 Å². The summed E-state index contributed by atoms with van der Waals surface area (Å²) in [4.78, 5) is 0. The van der Waals surface area contributed by atoms with Gasteiger partial charge in [0.05, 0.1) is 6.10 Å². The zero-order valence-electron chi connectivity index (χ0n) is 7.74. The highest BCUT2D eigenvalue weighted by Gasteiger charge is 1.90. The Balaban J connectivity index is 3.37. The van der Waals surface area contributed by atoms with Gasteiger partial charge in [0.2, 0.25) is 0 Å². The molecule has 1 atom stereocenters. The van der Waals surface area contributed by atoms with E-state index >= 15 is 0 Å². The summed E-state index contributed by atoms with van der Waals surface area (Å²) < 4.78 is 0. The van der Waals surface area contributed by atoms with E-state index < -0.39 is 6.10 Å². The van der Waals surface area contributed by atoms with Crippen LogP contribution in [0.1, 0.15) is 26.2 Å². The van der Waals surface area contributed by atoms with Gasteiger partial charge in [-0.25, -0.2) is 0 Å². The van der Waals surface area contributed by atoms with Crippen LogP contribution in [0.3, 0.4) is 0 Å². The first-order valence-electron chi connectivity index (χ1n) is 4.41. The van der Waals surface area contributed by atoms with E-state index in [4.69, 9.17) is 5.11 Å². The molecule has 0 aliphatic rings. The normalized spacial score (nSPS) is 14.2. The minimum Gasteiger partial charge on any atom is -0.389 e. The minimum atomic E-state index is -0.392. The lowest BCUT2D eigenvalue weighted by molar-refractivity contribution is 0.227. The van der Waals surface area contributed by atoms with Gasteiger partial charge in [-0.1, -0.05) is 37.3 Å². The number of allylic oxidation sites excluding steroid dienone is 3. The topological polar surface area (TPSA) is 20.2 Å². The molecule has 0 aliphatic carbocycles. The molecule has 1 nitrogen and oxygen atoms in total. The molecule has 1 unspecified atom stereocenters. The fraction of sp³-hybridized carbons (Fsp3) is 0.455. The van der Waals surface area contributed by atoms with Crippen LogP contribution in [-0.2, 0) is 0 Å². The highest BCUT2D eigenvalue weighted by Crippen LogP contribution is 1.95. The second kappa shape index (κ2) is 8.28. The van der Waals surface area contributed by atoms with Crippen molar-refractivity contribution >= 4 is 0 Å². The molecule has 0 saturated carbocycles. The van der Waals surface area contributed by atoms with Gasteiger partial charge < -0.3 is 5.11 Å². The van der Waals surface area contributed by atoms with Crippen molar-refractivity contribution in [3.8, 4) is 0 Å². The molecule has 12 heavy (non-hydrogen) atoms. The van der Waals surface area contributed by atoms with E-state index in [1.165, 1.54) is 0 Å². The molecule has 0 aromatic heterocycles. The first kappa shape index (κ1) is 11.2. The number of aliphatic hydroxyl groups excluding tert-OH is 1. The van der Waals surface area contributed by atoms with Crippen LogP contribution in [0.4, 0.5) is 0 Å². The Labute approximate surface area is 75.1 Å². The van der Waals surface area contributed by atoms with Crippen molar-refractivity contribution in [1.82, 2.24) is 0 Å². The van der Waals surface area contributed by atoms with Gasteiger partial charge in [0.25, 0.3) is 0 Å². The quantitative estimate of drug-likeness (QED) is 0.601. The van der Waals surface area contributed by atoms with Gasteiger partial charge in [0.1, 0.15) is 0 Å². The summed E-state index contributed by atoms with van der Waals surface area (Å²) in [6.45, 7) is 5.60. The Morgan fingerprint density at radius 3 is 2.50 bits per heavy atom. The van der Waals surface area contributed by atoms with Crippen molar-refractivity contribution in [2.24, 2.45) is 0 Å². The summed E-state index contributed by atoms with van der Waals surface area (Å²) in [6.07, 6.45) is 12.2. The lowest BCUT2D eigenvalue weighted by atomic mass is 10.2. The van der Waals surface area contributed by atoms with E-state index in [0.717, 1.165) is 12.8 Å². The van der Waals surface area contributed by atoms with Crippen LogP contribution in [0, 0.1) is 0 Å². The van der Waals surface area contributed by atoms with Crippen LogP contribution in [0.2, 0.25) is 0 Å². The lowest BCUT2D eigenvalue weighted by Gasteiger charge is -1.96. The van der Waals surface area contributed by atoms with E-state index in [-0.39, 0.29) is 0 Å². The lowest BCUT2D eigenvalue weighted by Crippen LogP contribution is -1.97. The first-order valence-corrected chi connectivity index (χ1v) is 4.41. The Morgan fingerprint density at radius 1 is 1.25 bits per heavy atom. The fourth-order valence-corrected chi connectivity index (χ4v) is 0.770. The Hall–Kier alpha value is -0.820. The van der Waals surface area contributed by atoms with Crippen LogP contribution >= 0.6 is 0 Å². The molecule has 1 N–H and O–H groups in total. The molecule has 0 rings (SSSR count). The maximum atomic E-state index is 9.07. The summed E-state index contributed by atoms with van der Waals surface area (Å²) in [7, 11) is 0. The van der Waals surface area contributed by atoms with Gasteiger partial charge >= 0.3 is 0 Å². The zero-order chi connectivity index (χ0) is 9.23. The summed E-state index contributed by atoms with van der Waals surface area (Å²) >= 11 is 0. The van der Waals surface area contributed by atoms with Crippen molar-refractivity contribution < 1.29 is 5.11 Å². The standard InChI is InChI=1S/C11H18O/c1-3-5-6-7-8-9-10-11(12)4-2/h4-6,8-9,11-12H,2-3,7,10H2,1H3/b6-5-,9-8-. The van der Waals surface area contributed by atoms with Crippen LogP contribution in [0.15, 0.2) is 37.0 Å². The molecular formula is C11H18O. The predicted molar refractivity (Wildman–Crippen MR) is 54.0 cm³/mol. The molecule has 0 spiro atoms. The average Bonchev–Trinajstić information content (AvgIpc) is 2.10. The Bertz CT molecular complexity index is 156. The molecule has 0 amide bonds. The Kier molecular flexibility index (Phi) is 7.71. The summed E-state index contributed by atoms with van der Waals surface area (Å²) in [5.41, 5.74) is 0. The van der Waals surface area contributed by atoms with E-state index in [2.05, 4.69) is 31.7 Å². The van der Waals surface area contributed by atoms with Crippen molar-refractivity contribution in [1.29, 1.82) is 0 Å². The second-order valence-electron chi connectivity index (χ2n) is 2.63. The molecule has 0 aliphatic heterocycles. The van der Waals surface area contributed by atoms with Crippen molar-refractivity contribution in [3.05, 3.63) is 37.0 Å². The van der Waals surface area contributed by atoms with Gasteiger partial charge in [0, 0.05) is 0 Å². The van der Waals surface area contributed by atoms with E-state index in [9.17, 15) is 0 Å². The molecule has 0 saturated heterocycles. The molecule has 0 bridgehead atoms. The van der Waals surface area contributed by atoms with Crippen LogP contribution < -0.4 is 0 Å². The third-order valence-corrected chi connectivity index (χ3v) is 1.49. The number of rotatable bonds is 6. The molecule has 68 valence electrons. The summed E-state index contributed by atoms with van der Waals surface area (Å²) in [6, 6.07) is 0. The van der Waals surface area contributed by atoms with Crippen LogP contribution in [-0.4, -0.2) is 11.2 Å². The van der Waals surface area contributed by atoms with Gasteiger partial charge in [0.15, 0.2) is 0 Å². The number of hydrogen-bond acceptors (Lipinski definition) is 1. The fourth-order valence-electron chi connectivity index (χ4n) is 0.770. The van der Waals surface area contributed by atoms with Crippen molar-refractivity contribution in [2.45, 2.75) is 32.3 Å². The highest BCUT2D eigenvalue weighted by atomic mass is 16.3. The largest absolute Gasteiger partial charge is 0.389 e. The van der Waals surface area contributed by atoms with Gasteiger partial charge in [-0.15, -0.1) is 6.58 Å². The van der Waals surface area contributed by atoms with Gasteiger partial charge in [-0.2, -0.15) is 0 Å². The van der Waals surface area contributed by atoms with Crippen LogP contribution in [0.5, 0.6) is 0 Å². The first-order chi connectivity index (χ1) is 5.81. The molecule has 0 aromatic rings. The summed E-state index contributed by atoms with van der Waals surface area (Å²) in [5.74, 6) is 0. The Morgan fingerprint density at radius 2 is 1.92 bits per heavy atom. The number of aliphatic hydroxyl groups is 1. The van der Waals surface area contributed by atoms with E-state index in [0.29, 0.717) is 6.42 Å². The maximum absolute atomic E-state index is 9.07. The van der Waals surface area contributed by atoms with E-state index in [1.807, 2.05) is 6.08 Å². The van der Waals surface area contributed by atoms with Crippen molar-refractivity contribution in [3.63, 3.8) is 0 Å².